The summed E-state index contributed by atoms with van der Waals surface area (Å²) in [4.78, 5) is 0. The van der Waals surface area contributed by atoms with E-state index in [-0.39, 0.29) is 28.8 Å². The lowest BCUT2D eigenvalue weighted by Gasteiger charge is -2.28. The molecule has 0 radical (unpaired) electrons. The minimum Gasteiger partial charge on any atom is -0.372 e. The Kier molecular flexibility index (Phi) is 4.70. The molecule has 2 N–H and O–H groups in total. The first-order chi connectivity index (χ1) is 8.59. The van der Waals surface area contributed by atoms with Gasteiger partial charge in [0.1, 0.15) is 11.6 Å². The van der Waals surface area contributed by atoms with Gasteiger partial charge >= 0.3 is 0 Å². The third-order valence-electron chi connectivity index (χ3n) is 3.33. The van der Waals surface area contributed by atoms with E-state index in [9.17, 15) is 8.78 Å². The Labute approximate surface area is 114 Å². The molecule has 0 aromatic heterocycles. The van der Waals surface area contributed by atoms with Gasteiger partial charge in [0.15, 0.2) is 0 Å². The second-order valence-corrected chi connectivity index (χ2v) is 5.47. The molecular weight excluding hydrogens is 304 g/mol. The summed E-state index contributed by atoms with van der Waals surface area (Å²) in [6.45, 7) is -0.0739. The van der Waals surface area contributed by atoms with E-state index >= 15 is 0 Å². The van der Waals surface area contributed by atoms with Crippen LogP contribution in [-0.4, -0.2) is 12.1 Å². The van der Waals surface area contributed by atoms with Crippen molar-refractivity contribution in [1.82, 2.24) is 0 Å². The van der Waals surface area contributed by atoms with Crippen LogP contribution in [0.3, 0.4) is 0 Å². The summed E-state index contributed by atoms with van der Waals surface area (Å²) >= 11 is 3.04. The molecule has 2 atom stereocenters. The van der Waals surface area contributed by atoms with Gasteiger partial charge in [-0.15, -0.1) is 0 Å². The first-order valence-electron chi connectivity index (χ1n) is 6.09. The van der Waals surface area contributed by atoms with E-state index in [1.807, 2.05) is 0 Å². The molecule has 0 amide bonds. The predicted molar refractivity (Wildman–Crippen MR) is 69.1 cm³/mol. The molecule has 2 nitrogen and oxygen atoms in total. The molecule has 2 unspecified atom stereocenters. The van der Waals surface area contributed by atoms with Gasteiger partial charge in [-0.25, -0.2) is 8.78 Å². The van der Waals surface area contributed by atoms with E-state index in [1.54, 1.807) is 0 Å². The van der Waals surface area contributed by atoms with Crippen LogP contribution >= 0.6 is 15.9 Å². The molecule has 18 heavy (non-hydrogen) atoms. The first kappa shape index (κ1) is 13.9. The normalized spacial score (nSPS) is 24.2. The fourth-order valence-electron chi connectivity index (χ4n) is 2.22. The summed E-state index contributed by atoms with van der Waals surface area (Å²) < 4.78 is 33.0. The molecular formula is C13H16BrF2NO. The van der Waals surface area contributed by atoms with E-state index in [0.717, 1.165) is 25.7 Å². The molecule has 1 fully saturated rings. The van der Waals surface area contributed by atoms with Gasteiger partial charge in [-0.05, 0) is 40.9 Å². The summed E-state index contributed by atoms with van der Waals surface area (Å²) in [5.41, 5.74) is 5.89. The van der Waals surface area contributed by atoms with Crippen LogP contribution in [0.5, 0.6) is 0 Å². The SMILES string of the molecule is NC1CCCCC1OCc1c(F)ccc(Br)c1F. The number of nitrogens with two attached hydrogens (primary N) is 1. The average Bonchev–Trinajstić information content (AvgIpc) is 2.36. The van der Waals surface area contributed by atoms with Gasteiger partial charge in [0.2, 0.25) is 0 Å². The van der Waals surface area contributed by atoms with Crippen LogP contribution in [0.15, 0.2) is 16.6 Å². The van der Waals surface area contributed by atoms with Crippen molar-refractivity contribution in [3.63, 3.8) is 0 Å². The van der Waals surface area contributed by atoms with E-state index in [2.05, 4.69) is 15.9 Å². The number of halogens is 3. The monoisotopic (exact) mass is 319 g/mol. The first-order valence-corrected chi connectivity index (χ1v) is 6.88. The van der Waals surface area contributed by atoms with E-state index in [1.165, 1.54) is 12.1 Å². The second kappa shape index (κ2) is 6.08. The zero-order valence-electron chi connectivity index (χ0n) is 9.96. The maximum absolute atomic E-state index is 13.7. The van der Waals surface area contributed by atoms with Crippen LogP contribution in [0, 0.1) is 11.6 Å². The van der Waals surface area contributed by atoms with Crippen molar-refractivity contribution < 1.29 is 13.5 Å². The molecule has 0 saturated heterocycles. The van der Waals surface area contributed by atoms with Crippen LogP contribution < -0.4 is 5.73 Å². The van der Waals surface area contributed by atoms with Crippen molar-refractivity contribution in [2.45, 2.75) is 44.4 Å². The molecule has 0 spiro atoms. The highest BCUT2D eigenvalue weighted by Crippen LogP contribution is 2.25. The summed E-state index contributed by atoms with van der Waals surface area (Å²) in [5.74, 6) is -1.18. The molecule has 1 aliphatic rings. The Bertz CT molecular complexity index is 428. The molecule has 100 valence electrons. The van der Waals surface area contributed by atoms with Gasteiger partial charge in [0, 0.05) is 6.04 Å². The Morgan fingerprint density at radius 1 is 1.28 bits per heavy atom. The highest BCUT2D eigenvalue weighted by molar-refractivity contribution is 9.10. The Balaban J connectivity index is 2.03. The molecule has 5 heteroatoms. The average molecular weight is 320 g/mol. The number of hydrogen-bond acceptors (Lipinski definition) is 2. The van der Waals surface area contributed by atoms with Gasteiger partial charge < -0.3 is 10.5 Å². The largest absolute Gasteiger partial charge is 0.372 e. The van der Waals surface area contributed by atoms with Gasteiger partial charge in [-0.3, -0.25) is 0 Å². The smallest absolute Gasteiger partial charge is 0.145 e. The zero-order chi connectivity index (χ0) is 13.1. The fourth-order valence-corrected chi connectivity index (χ4v) is 2.60. The topological polar surface area (TPSA) is 35.2 Å². The summed E-state index contributed by atoms with van der Waals surface area (Å²) in [6, 6.07) is 2.55. The molecule has 0 heterocycles. The van der Waals surface area contributed by atoms with Crippen LogP contribution in [0.25, 0.3) is 0 Å². The number of benzene rings is 1. The molecule has 1 aromatic carbocycles. The summed E-state index contributed by atoms with van der Waals surface area (Å²) in [7, 11) is 0. The molecule has 1 aliphatic carbocycles. The highest BCUT2D eigenvalue weighted by Gasteiger charge is 2.23. The van der Waals surface area contributed by atoms with Crippen molar-refractivity contribution in [3.05, 3.63) is 33.8 Å². The predicted octanol–water partition coefficient (Wildman–Crippen LogP) is 3.51. The van der Waals surface area contributed by atoms with Crippen molar-refractivity contribution in [2.24, 2.45) is 5.73 Å². The third kappa shape index (κ3) is 3.08. The Hall–Kier alpha value is -0.520. The van der Waals surface area contributed by atoms with Crippen LogP contribution in [0.4, 0.5) is 8.78 Å². The van der Waals surface area contributed by atoms with Gasteiger partial charge in [0.05, 0.1) is 22.7 Å². The van der Waals surface area contributed by atoms with Gasteiger partial charge in [-0.1, -0.05) is 12.8 Å². The molecule has 1 aromatic rings. The fraction of sp³-hybridized carbons (Fsp3) is 0.538. The van der Waals surface area contributed by atoms with Gasteiger partial charge in [0.25, 0.3) is 0 Å². The molecule has 0 aliphatic heterocycles. The Morgan fingerprint density at radius 3 is 2.72 bits per heavy atom. The summed E-state index contributed by atoms with van der Waals surface area (Å²) in [5, 5.41) is 0. The molecule has 2 rings (SSSR count). The number of hydrogen-bond donors (Lipinski definition) is 1. The molecule has 0 bridgehead atoms. The maximum Gasteiger partial charge on any atom is 0.145 e. The van der Waals surface area contributed by atoms with Crippen molar-refractivity contribution in [1.29, 1.82) is 0 Å². The Morgan fingerprint density at radius 2 is 2.00 bits per heavy atom. The highest BCUT2D eigenvalue weighted by atomic mass is 79.9. The lowest BCUT2D eigenvalue weighted by Crippen LogP contribution is -2.39. The third-order valence-corrected chi connectivity index (χ3v) is 3.95. The minimum absolute atomic E-state index is 0.0305. The second-order valence-electron chi connectivity index (χ2n) is 4.62. The van der Waals surface area contributed by atoms with Crippen LogP contribution in [-0.2, 0) is 11.3 Å². The van der Waals surface area contributed by atoms with Crippen LogP contribution in [0.2, 0.25) is 0 Å². The van der Waals surface area contributed by atoms with Crippen molar-refractivity contribution >= 4 is 15.9 Å². The minimum atomic E-state index is -0.598. The van der Waals surface area contributed by atoms with Crippen molar-refractivity contribution in [3.8, 4) is 0 Å². The standard InChI is InChI=1S/C13H16BrF2NO/c14-9-5-6-10(15)8(13(9)16)7-18-12-4-2-1-3-11(12)17/h5-6,11-12H,1-4,7,17H2. The van der Waals surface area contributed by atoms with E-state index in [0.29, 0.717) is 0 Å². The van der Waals surface area contributed by atoms with Crippen molar-refractivity contribution in [2.75, 3.05) is 0 Å². The lowest BCUT2D eigenvalue weighted by molar-refractivity contribution is 0.00159. The van der Waals surface area contributed by atoms with Gasteiger partial charge in [-0.2, -0.15) is 0 Å². The van der Waals surface area contributed by atoms with Crippen LogP contribution in [0.1, 0.15) is 31.2 Å². The van der Waals surface area contributed by atoms with E-state index < -0.39 is 11.6 Å². The zero-order valence-corrected chi connectivity index (χ0v) is 11.6. The number of rotatable bonds is 3. The molecule has 1 saturated carbocycles. The quantitative estimate of drug-likeness (QED) is 0.865. The number of ether oxygens (including phenoxy) is 1. The lowest BCUT2D eigenvalue weighted by atomic mass is 9.93. The maximum atomic E-state index is 13.7. The summed E-state index contributed by atoms with van der Waals surface area (Å²) in [6.07, 6.45) is 3.83. The van der Waals surface area contributed by atoms with E-state index in [4.69, 9.17) is 10.5 Å².